The number of hydrogen-bond donors (Lipinski definition) is 0. The Labute approximate surface area is 300 Å². The summed E-state index contributed by atoms with van der Waals surface area (Å²) >= 11 is 0. The van der Waals surface area contributed by atoms with E-state index in [0.717, 1.165) is 6.54 Å². The molecule has 0 saturated heterocycles. The van der Waals surface area contributed by atoms with Crippen molar-refractivity contribution in [3.63, 3.8) is 0 Å². The minimum Gasteiger partial charge on any atom is -0.200 e. The SMILES string of the molecule is CCCCCCCCCCCC[B-](c1ccccc1)(c1ccccc1)c1ccccc1.CCCCCCCC[n+]1cccc2ccccc21. The molecule has 0 N–H and O–H groups in total. The van der Waals surface area contributed by atoms with E-state index < -0.39 is 6.15 Å². The van der Waals surface area contributed by atoms with Gasteiger partial charge in [-0.05, 0) is 18.6 Å². The molecule has 0 saturated carbocycles. The standard InChI is InChI=1S/C30H40B.C17H24N/c1-2-3-4-5-6-7-8-9-10-20-27-31(28-21-14-11-15-22-28,29-23-16-12-17-24-29)30-25-18-13-19-26-30;1-2-3-4-5-6-9-14-18-15-10-12-16-11-7-8-13-17(16)18/h11-19,21-26H,2-10,20,27H2,1H3;7-8,10-13,15H,2-6,9,14H2,1H3/q-1;+1. The van der Waals surface area contributed by atoms with Gasteiger partial charge in [0.05, 0.1) is 6.15 Å². The van der Waals surface area contributed by atoms with Gasteiger partial charge in [0.15, 0.2) is 6.20 Å². The number of pyridine rings is 1. The highest BCUT2D eigenvalue weighted by atomic mass is 14.9. The minimum atomic E-state index is -0.950. The summed E-state index contributed by atoms with van der Waals surface area (Å²) in [6.07, 6.45) is 24.5. The number of fused-ring (bicyclic) bond motifs is 1. The number of rotatable bonds is 21. The van der Waals surface area contributed by atoms with Crippen molar-refractivity contribution in [1.29, 1.82) is 0 Å². The van der Waals surface area contributed by atoms with Crippen molar-refractivity contribution < 1.29 is 4.57 Å². The van der Waals surface area contributed by atoms with Crippen molar-refractivity contribution in [2.24, 2.45) is 0 Å². The van der Waals surface area contributed by atoms with E-state index in [0.29, 0.717) is 0 Å². The first-order chi connectivity index (χ1) is 24.3. The lowest BCUT2D eigenvalue weighted by molar-refractivity contribution is -0.671. The number of aromatic nitrogens is 1. The third-order valence-electron chi connectivity index (χ3n) is 10.6. The summed E-state index contributed by atoms with van der Waals surface area (Å²) in [6.45, 7) is 5.71. The van der Waals surface area contributed by atoms with Gasteiger partial charge in [0, 0.05) is 23.9 Å². The van der Waals surface area contributed by atoms with Crippen LogP contribution in [0.5, 0.6) is 0 Å². The summed E-state index contributed by atoms with van der Waals surface area (Å²) in [4.78, 5) is 0. The molecule has 0 atom stereocenters. The molecule has 5 rings (SSSR count). The molecule has 0 aliphatic rings. The molecule has 0 aliphatic heterocycles. The number of benzene rings is 4. The minimum absolute atomic E-state index is 0.950. The second kappa shape index (κ2) is 22.9. The maximum absolute atomic E-state index is 2.38. The van der Waals surface area contributed by atoms with E-state index in [1.54, 1.807) is 0 Å². The van der Waals surface area contributed by atoms with Crippen molar-refractivity contribution in [1.82, 2.24) is 0 Å². The summed E-state index contributed by atoms with van der Waals surface area (Å²) in [6, 6.07) is 46.7. The van der Waals surface area contributed by atoms with Gasteiger partial charge in [-0.1, -0.05) is 207 Å². The number of aryl methyl sites for hydroxylation is 1. The van der Waals surface area contributed by atoms with Gasteiger partial charge in [-0.2, -0.15) is 27.3 Å². The van der Waals surface area contributed by atoms with Gasteiger partial charge >= 0.3 is 0 Å². The average Bonchev–Trinajstić information content (AvgIpc) is 3.17. The van der Waals surface area contributed by atoms with E-state index in [1.165, 1.54) is 136 Å². The first-order valence-electron chi connectivity index (χ1n) is 20.0. The number of hydrogen-bond acceptors (Lipinski definition) is 0. The van der Waals surface area contributed by atoms with Crippen molar-refractivity contribution in [2.75, 3.05) is 0 Å². The number of unbranched alkanes of at least 4 members (excludes halogenated alkanes) is 14. The maximum atomic E-state index is 2.38. The molecule has 5 aromatic rings. The fraction of sp³-hybridized carbons (Fsp3) is 0.426. The zero-order chi connectivity index (χ0) is 34.2. The third kappa shape index (κ3) is 12.3. The van der Waals surface area contributed by atoms with Crippen LogP contribution >= 0.6 is 0 Å². The van der Waals surface area contributed by atoms with Gasteiger partial charge in [0.1, 0.15) is 6.54 Å². The molecule has 0 radical (unpaired) electrons. The van der Waals surface area contributed by atoms with Gasteiger partial charge in [-0.15, -0.1) is 0 Å². The van der Waals surface area contributed by atoms with Crippen LogP contribution in [-0.4, -0.2) is 6.15 Å². The summed E-state index contributed by atoms with van der Waals surface area (Å²) in [5.41, 5.74) is 5.76. The average molecular weight is 654 g/mol. The van der Waals surface area contributed by atoms with Crippen LogP contribution in [0.3, 0.4) is 0 Å². The van der Waals surface area contributed by atoms with E-state index in [4.69, 9.17) is 0 Å². The van der Waals surface area contributed by atoms with E-state index in [2.05, 4.69) is 152 Å². The Hall–Kier alpha value is -3.65. The Balaban J connectivity index is 0.000000254. The van der Waals surface area contributed by atoms with Gasteiger partial charge in [-0.25, -0.2) is 0 Å². The van der Waals surface area contributed by atoms with Crippen molar-refractivity contribution in [3.8, 4) is 0 Å². The second-order valence-corrected chi connectivity index (χ2v) is 14.3. The summed E-state index contributed by atoms with van der Waals surface area (Å²) in [7, 11) is 0. The van der Waals surface area contributed by atoms with Crippen LogP contribution in [0.1, 0.15) is 117 Å². The largest absolute Gasteiger partial charge is 0.212 e. The monoisotopic (exact) mass is 654 g/mol. The smallest absolute Gasteiger partial charge is 0.200 e. The van der Waals surface area contributed by atoms with Crippen molar-refractivity contribution >= 4 is 33.4 Å². The topological polar surface area (TPSA) is 3.88 Å². The molecule has 260 valence electrons. The molecule has 2 heteroatoms. The van der Waals surface area contributed by atoms with Crippen LogP contribution in [0, 0.1) is 0 Å². The van der Waals surface area contributed by atoms with Crippen LogP contribution in [0.15, 0.2) is 134 Å². The zero-order valence-electron chi connectivity index (χ0n) is 31.0. The molecule has 0 unspecified atom stereocenters. The van der Waals surface area contributed by atoms with Crippen LogP contribution in [0.4, 0.5) is 0 Å². The number of nitrogens with zero attached hydrogens (tertiary/aromatic N) is 1. The predicted octanol–water partition coefficient (Wildman–Crippen LogP) is 11.6. The van der Waals surface area contributed by atoms with Crippen LogP contribution < -0.4 is 21.0 Å². The summed E-state index contributed by atoms with van der Waals surface area (Å²) in [5, 5.41) is 1.34. The molecule has 0 aliphatic carbocycles. The zero-order valence-corrected chi connectivity index (χ0v) is 31.0. The van der Waals surface area contributed by atoms with E-state index in [1.807, 2.05) is 0 Å². The lowest BCUT2D eigenvalue weighted by atomic mass is 9.14. The first kappa shape index (κ1) is 38.2. The Morgan fingerprint density at radius 3 is 1.27 bits per heavy atom. The van der Waals surface area contributed by atoms with Crippen LogP contribution in [0.2, 0.25) is 6.32 Å². The lowest BCUT2D eigenvalue weighted by Crippen LogP contribution is -2.66. The van der Waals surface area contributed by atoms with E-state index >= 15 is 0 Å². The lowest BCUT2D eigenvalue weighted by Gasteiger charge is -2.43. The molecular weight excluding hydrogens is 589 g/mol. The fourth-order valence-corrected chi connectivity index (χ4v) is 7.84. The molecule has 1 aromatic heterocycles. The Kier molecular flexibility index (Phi) is 17.8. The highest BCUT2D eigenvalue weighted by Crippen LogP contribution is 2.19. The van der Waals surface area contributed by atoms with E-state index in [9.17, 15) is 0 Å². The van der Waals surface area contributed by atoms with Crippen LogP contribution in [0.25, 0.3) is 10.9 Å². The Bertz CT molecular complexity index is 1430. The summed E-state index contributed by atoms with van der Waals surface area (Å²) in [5.74, 6) is 0. The van der Waals surface area contributed by atoms with E-state index in [-0.39, 0.29) is 0 Å². The molecule has 0 amide bonds. The van der Waals surface area contributed by atoms with Gasteiger partial charge < -0.3 is 0 Å². The molecule has 4 aromatic carbocycles. The highest BCUT2D eigenvalue weighted by molar-refractivity contribution is 7.11. The Morgan fingerprint density at radius 2 is 0.776 bits per heavy atom. The second-order valence-electron chi connectivity index (χ2n) is 14.3. The van der Waals surface area contributed by atoms with Gasteiger partial charge in [-0.3, -0.25) is 0 Å². The molecule has 1 nitrogen and oxygen atoms in total. The molecule has 0 fully saturated rings. The Morgan fingerprint density at radius 1 is 0.388 bits per heavy atom. The third-order valence-corrected chi connectivity index (χ3v) is 10.6. The number of para-hydroxylation sites is 1. The first-order valence-corrected chi connectivity index (χ1v) is 20.0. The highest BCUT2D eigenvalue weighted by Gasteiger charge is 2.29. The predicted molar refractivity (Wildman–Crippen MR) is 218 cm³/mol. The van der Waals surface area contributed by atoms with Gasteiger partial charge in [0.2, 0.25) is 5.52 Å². The molecule has 0 spiro atoms. The molecular formula is C47H64BN. The summed E-state index contributed by atoms with van der Waals surface area (Å²) < 4.78 is 2.38. The molecule has 49 heavy (non-hydrogen) atoms. The molecule has 1 heterocycles. The fourth-order valence-electron chi connectivity index (χ4n) is 7.84. The maximum Gasteiger partial charge on any atom is 0.212 e. The quantitative estimate of drug-likeness (QED) is 0.0422. The van der Waals surface area contributed by atoms with Gasteiger partial charge in [0.25, 0.3) is 0 Å². The van der Waals surface area contributed by atoms with Crippen molar-refractivity contribution in [2.45, 2.75) is 129 Å². The molecule has 0 bridgehead atoms. The van der Waals surface area contributed by atoms with Crippen LogP contribution in [-0.2, 0) is 6.54 Å². The van der Waals surface area contributed by atoms with Crippen molar-refractivity contribution in [3.05, 3.63) is 134 Å². The normalized spacial score (nSPS) is 11.3.